The summed E-state index contributed by atoms with van der Waals surface area (Å²) < 4.78 is 2.07. The predicted molar refractivity (Wildman–Crippen MR) is 80.1 cm³/mol. The van der Waals surface area contributed by atoms with Crippen molar-refractivity contribution in [3.63, 3.8) is 0 Å². The minimum absolute atomic E-state index is 0.183. The normalized spacial score (nSPS) is 11.7. The molecule has 4 heteroatoms. The third-order valence-corrected chi connectivity index (χ3v) is 3.09. The van der Waals surface area contributed by atoms with Crippen molar-refractivity contribution < 1.29 is 5.11 Å². The van der Waals surface area contributed by atoms with Gasteiger partial charge in [-0.05, 0) is 32.0 Å². The van der Waals surface area contributed by atoms with Crippen molar-refractivity contribution in [2.75, 3.05) is 5.88 Å². The molecule has 0 saturated carbocycles. The van der Waals surface area contributed by atoms with Crippen molar-refractivity contribution in [1.82, 2.24) is 9.55 Å². The summed E-state index contributed by atoms with van der Waals surface area (Å²) in [5.74, 6) is 1.04. The third kappa shape index (κ3) is 3.58. The van der Waals surface area contributed by atoms with Crippen LogP contribution in [0.4, 0.5) is 0 Å². The van der Waals surface area contributed by atoms with E-state index in [1.54, 1.807) is 6.20 Å². The number of halogens is 1. The zero-order valence-electron chi connectivity index (χ0n) is 11.9. The Morgan fingerprint density at radius 1 is 1.16 bits per heavy atom. The van der Waals surface area contributed by atoms with Crippen LogP contribution in [0.15, 0.2) is 30.5 Å². The molecule has 0 amide bonds. The molecule has 2 aromatic heterocycles. The SMILES string of the molecule is CC.Cc1ccc(C)n1-c1ccc(C(O)CCl)cn1. The molecule has 2 aromatic rings. The van der Waals surface area contributed by atoms with Gasteiger partial charge in [0.15, 0.2) is 0 Å². The highest BCUT2D eigenvalue weighted by Gasteiger charge is 2.08. The zero-order valence-corrected chi connectivity index (χ0v) is 12.6. The highest BCUT2D eigenvalue weighted by atomic mass is 35.5. The van der Waals surface area contributed by atoms with Crippen molar-refractivity contribution in [2.45, 2.75) is 33.8 Å². The van der Waals surface area contributed by atoms with Crippen LogP contribution in [0.2, 0.25) is 0 Å². The van der Waals surface area contributed by atoms with E-state index in [1.807, 2.05) is 39.8 Å². The fraction of sp³-hybridized carbons (Fsp3) is 0.400. The van der Waals surface area contributed by atoms with Crippen LogP contribution >= 0.6 is 11.6 Å². The highest BCUT2D eigenvalue weighted by molar-refractivity contribution is 6.18. The van der Waals surface area contributed by atoms with Gasteiger partial charge in [0.05, 0.1) is 12.0 Å². The second kappa shape index (κ2) is 7.31. The lowest BCUT2D eigenvalue weighted by atomic mass is 10.2. The molecule has 0 spiro atoms. The largest absolute Gasteiger partial charge is 0.387 e. The standard InChI is InChI=1S/C13H15ClN2O.C2H6/c1-9-3-4-10(2)16(9)13-6-5-11(8-15-13)12(17)7-14;1-2/h3-6,8,12,17H,7H2,1-2H3;1-2H3. The molecule has 1 atom stereocenters. The Balaban J connectivity index is 0.000000861. The van der Waals surface area contributed by atoms with Crippen LogP contribution in [-0.4, -0.2) is 20.5 Å². The van der Waals surface area contributed by atoms with Crippen LogP contribution in [0.25, 0.3) is 5.82 Å². The first-order valence-corrected chi connectivity index (χ1v) is 7.02. The summed E-state index contributed by atoms with van der Waals surface area (Å²) in [5.41, 5.74) is 3.02. The molecule has 0 saturated heterocycles. The van der Waals surface area contributed by atoms with Gasteiger partial charge in [0.2, 0.25) is 0 Å². The molecule has 0 fully saturated rings. The van der Waals surface area contributed by atoms with E-state index in [0.29, 0.717) is 0 Å². The first kappa shape index (κ1) is 15.7. The molecule has 3 nitrogen and oxygen atoms in total. The number of rotatable bonds is 3. The number of hydrogen-bond donors (Lipinski definition) is 1. The van der Waals surface area contributed by atoms with E-state index in [-0.39, 0.29) is 5.88 Å². The Morgan fingerprint density at radius 3 is 2.16 bits per heavy atom. The van der Waals surface area contributed by atoms with Gasteiger partial charge in [0.25, 0.3) is 0 Å². The number of alkyl halides is 1. The molecule has 19 heavy (non-hydrogen) atoms. The molecule has 0 bridgehead atoms. The van der Waals surface area contributed by atoms with Gasteiger partial charge >= 0.3 is 0 Å². The molecule has 1 N–H and O–H groups in total. The molecule has 0 aliphatic heterocycles. The average Bonchev–Trinajstić information content (AvgIpc) is 2.80. The van der Waals surface area contributed by atoms with Gasteiger partial charge in [0, 0.05) is 23.1 Å². The molecule has 2 heterocycles. The maximum atomic E-state index is 9.58. The van der Waals surface area contributed by atoms with E-state index >= 15 is 0 Å². The van der Waals surface area contributed by atoms with E-state index in [0.717, 1.165) is 22.8 Å². The van der Waals surface area contributed by atoms with Gasteiger partial charge in [-0.15, -0.1) is 11.6 Å². The van der Waals surface area contributed by atoms with Gasteiger partial charge in [-0.2, -0.15) is 0 Å². The molecular weight excluding hydrogens is 260 g/mol. The van der Waals surface area contributed by atoms with E-state index in [9.17, 15) is 5.11 Å². The minimum Gasteiger partial charge on any atom is -0.387 e. The summed E-state index contributed by atoms with van der Waals surface area (Å²) in [6.45, 7) is 8.08. The van der Waals surface area contributed by atoms with Crippen molar-refractivity contribution in [3.05, 3.63) is 47.4 Å². The lowest BCUT2D eigenvalue weighted by molar-refractivity contribution is 0.202. The summed E-state index contributed by atoms with van der Waals surface area (Å²) in [6.07, 6.45) is 1.02. The minimum atomic E-state index is -0.648. The fourth-order valence-corrected chi connectivity index (χ4v) is 2.02. The third-order valence-electron chi connectivity index (χ3n) is 2.80. The number of nitrogens with zero attached hydrogens (tertiary/aromatic N) is 2. The molecule has 104 valence electrons. The highest BCUT2D eigenvalue weighted by Crippen LogP contribution is 2.17. The van der Waals surface area contributed by atoms with E-state index in [2.05, 4.69) is 21.7 Å². The van der Waals surface area contributed by atoms with E-state index < -0.39 is 6.10 Å². The fourth-order valence-electron chi connectivity index (χ4n) is 1.85. The van der Waals surface area contributed by atoms with Crippen molar-refractivity contribution in [2.24, 2.45) is 0 Å². The van der Waals surface area contributed by atoms with Crippen molar-refractivity contribution >= 4 is 11.6 Å². The number of aromatic nitrogens is 2. The summed E-state index contributed by atoms with van der Waals surface area (Å²) in [4.78, 5) is 4.36. The number of pyridine rings is 1. The van der Waals surface area contributed by atoms with Gasteiger partial charge in [0.1, 0.15) is 5.82 Å². The van der Waals surface area contributed by atoms with Gasteiger partial charge in [-0.25, -0.2) is 4.98 Å². The number of aliphatic hydroxyl groups is 1. The summed E-state index contributed by atoms with van der Waals surface area (Å²) in [7, 11) is 0. The van der Waals surface area contributed by atoms with Crippen LogP contribution in [0, 0.1) is 13.8 Å². The lowest BCUT2D eigenvalue weighted by Gasteiger charge is -2.10. The Morgan fingerprint density at radius 2 is 1.74 bits per heavy atom. The Kier molecular flexibility index (Phi) is 6.06. The molecule has 0 radical (unpaired) electrons. The second-order valence-electron chi connectivity index (χ2n) is 4.07. The van der Waals surface area contributed by atoms with Crippen LogP contribution in [0.1, 0.15) is 36.9 Å². The first-order valence-electron chi connectivity index (χ1n) is 6.49. The molecule has 1 unspecified atom stereocenters. The molecule has 0 aliphatic rings. The Bertz CT molecular complexity index is 486. The monoisotopic (exact) mass is 280 g/mol. The topological polar surface area (TPSA) is 38.0 Å². The lowest BCUT2D eigenvalue weighted by Crippen LogP contribution is -2.04. The maximum absolute atomic E-state index is 9.58. The van der Waals surface area contributed by atoms with E-state index in [4.69, 9.17) is 11.6 Å². The molecule has 2 rings (SSSR count). The number of aliphatic hydroxyl groups excluding tert-OH is 1. The summed E-state index contributed by atoms with van der Waals surface area (Å²) >= 11 is 5.59. The molecule has 0 aromatic carbocycles. The summed E-state index contributed by atoms with van der Waals surface area (Å²) in [5, 5.41) is 9.58. The molecule has 0 aliphatic carbocycles. The van der Waals surface area contributed by atoms with Crippen LogP contribution in [-0.2, 0) is 0 Å². The quantitative estimate of drug-likeness (QED) is 0.869. The van der Waals surface area contributed by atoms with Crippen LogP contribution < -0.4 is 0 Å². The van der Waals surface area contributed by atoms with Crippen LogP contribution in [0.5, 0.6) is 0 Å². The van der Waals surface area contributed by atoms with Crippen molar-refractivity contribution in [3.8, 4) is 5.82 Å². The van der Waals surface area contributed by atoms with Gasteiger partial charge in [-0.3, -0.25) is 0 Å². The second-order valence-corrected chi connectivity index (χ2v) is 4.38. The Labute approximate surface area is 119 Å². The van der Waals surface area contributed by atoms with E-state index in [1.165, 1.54) is 0 Å². The van der Waals surface area contributed by atoms with Gasteiger partial charge < -0.3 is 9.67 Å². The molecular formula is C15H21ClN2O. The number of hydrogen-bond acceptors (Lipinski definition) is 2. The predicted octanol–water partition coefficient (Wildman–Crippen LogP) is 3.79. The first-order chi connectivity index (χ1) is 9.13. The zero-order chi connectivity index (χ0) is 14.4. The average molecular weight is 281 g/mol. The van der Waals surface area contributed by atoms with Gasteiger partial charge in [-0.1, -0.05) is 19.9 Å². The Hall–Kier alpha value is -1.32. The number of aryl methyl sites for hydroxylation is 2. The smallest absolute Gasteiger partial charge is 0.136 e. The van der Waals surface area contributed by atoms with Crippen molar-refractivity contribution in [1.29, 1.82) is 0 Å². The van der Waals surface area contributed by atoms with Crippen LogP contribution in [0.3, 0.4) is 0 Å². The summed E-state index contributed by atoms with van der Waals surface area (Å²) in [6, 6.07) is 7.86. The maximum Gasteiger partial charge on any atom is 0.136 e.